The highest BCUT2D eigenvalue weighted by Crippen LogP contribution is 2.16. The molecule has 1 N–H and O–H groups in total. The summed E-state index contributed by atoms with van der Waals surface area (Å²) in [6, 6.07) is 11.6. The summed E-state index contributed by atoms with van der Waals surface area (Å²) in [7, 11) is 0. The Balaban J connectivity index is 1.84. The number of imidazole rings is 1. The van der Waals surface area contributed by atoms with E-state index >= 15 is 0 Å². The Morgan fingerprint density at radius 3 is 2.95 bits per heavy atom. The highest BCUT2D eigenvalue weighted by Gasteiger charge is 2.11. The van der Waals surface area contributed by atoms with Crippen LogP contribution in [0.5, 0.6) is 0 Å². The van der Waals surface area contributed by atoms with Gasteiger partial charge in [0.1, 0.15) is 5.82 Å². The van der Waals surface area contributed by atoms with Crippen molar-refractivity contribution in [2.24, 2.45) is 0 Å². The number of amides is 1. The van der Waals surface area contributed by atoms with Crippen molar-refractivity contribution in [1.82, 2.24) is 14.9 Å². The Hall–Kier alpha value is -2.40. The summed E-state index contributed by atoms with van der Waals surface area (Å²) in [5.74, 6) is 0.767. The van der Waals surface area contributed by atoms with Crippen LogP contribution in [0.3, 0.4) is 0 Å². The maximum atomic E-state index is 12.0. The van der Waals surface area contributed by atoms with E-state index in [4.69, 9.17) is 0 Å². The van der Waals surface area contributed by atoms with Gasteiger partial charge in [0.2, 0.25) is 0 Å². The summed E-state index contributed by atoms with van der Waals surface area (Å²) in [6.07, 6.45) is 1.83. The number of hydrogen-bond donors (Lipinski definition) is 1. The third kappa shape index (κ3) is 2.73. The second-order valence-electron chi connectivity index (χ2n) is 4.58. The summed E-state index contributed by atoms with van der Waals surface area (Å²) in [5.41, 5.74) is 1.98. The molecular formula is C16H15N3OS. The van der Waals surface area contributed by atoms with Gasteiger partial charge in [-0.05, 0) is 23.6 Å². The molecule has 0 aliphatic carbocycles. The topological polar surface area (TPSA) is 46.9 Å². The SMILES string of the molecule is C=CCn1c(CNC(=O)c2cccs2)nc2ccccc21. The molecule has 0 saturated carbocycles. The molecule has 0 aliphatic rings. The standard InChI is InChI=1S/C16H15N3OS/c1-2-9-19-13-7-4-3-6-12(13)18-15(19)11-17-16(20)14-8-5-10-21-14/h2-8,10H,1,9,11H2,(H,17,20). The van der Waals surface area contributed by atoms with E-state index in [1.165, 1.54) is 11.3 Å². The Morgan fingerprint density at radius 1 is 1.33 bits per heavy atom. The molecule has 0 atom stereocenters. The number of rotatable bonds is 5. The Kier molecular flexibility index (Phi) is 3.83. The number of para-hydroxylation sites is 2. The average molecular weight is 297 g/mol. The minimum absolute atomic E-state index is 0.0674. The zero-order valence-electron chi connectivity index (χ0n) is 11.5. The van der Waals surface area contributed by atoms with Crippen LogP contribution in [0.25, 0.3) is 11.0 Å². The Morgan fingerprint density at radius 2 is 2.19 bits per heavy atom. The van der Waals surface area contributed by atoms with E-state index in [1.54, 1.807) is 0 Å². The molecule has 4 nitrogen and oxygen atoms in total. The van der Waals surface area contributed by atoms with Crippen LogP contribution >= 0.6 is 11.3 Å². The number of allylic oxidation sites excluding steroid dienone is 1. The summed E-state index contributed by atoms with van der Waals surface area (Å²) >= 11 is 1.43. The molecule has 0 radical (unpaired) electrons. The highest BCUT2D eigenvalue weighted by atomic mass is 32.1. The van der Waals surface area contributed by atoms with Crippen LogP contribution < -0.4 is 5.32 Å². The number of carbonyl (C=O) groups excluding carboxylic acids is 1. The fraction of sp³-hybridized carbons (Fsp3) is 0.125. The van der Waals surface area contributed by atoms with Gasteiger partial charge in [-0.2, -0.15) is 0 Å². The van der Waals surface area contributed by atoms with Crippen LogP contribution in [0, 0.1) is 0 Å². The molecule has 0 bridgehead atoms. The van der Waals surface area contributed by atoms with Gasteiger partial charge in [-0.1, -0.05) is 24.3 Å². The lowest BCUT2D eigenvalue weighted by atomic mass is 10.3. The third-order valence-electron chi connectivity index (χ3n) is 3.20. The van der Waals surface area contributed by atoms with Gasteiger partial charge in [-0.15, -0.1) is 17.9 Å². The van der Waals surface area contributed by atoms with Gasteiger partial charge in [-0.25, -0.2) is 4.98 Å². The van der Waals surface area contributed by atoms with Gasteiger partial charge in [0.25, 0.3) is 5.91 Å². The molecule has 0 aliphatic heterocycles. The number of hydrogen-bond acceptors (Lipinski definition) is 3. The van der Waals surface area contributed by atoms with Crippen molar-refractivity contribution in [2.45, 2.75) is 13.1 Å². The van der Waals surface area contributed by atoms with Gasteiger partial charge in [-0.3, -0.25) is 4.79 Å². The van der Waals surface area contributed by atoms with Crippen molar-refractivity contribution in [1.29, 1.82) is 0 Å². The average Bonchev–Trinajstić information content (AvgIpc) is 3.14. The number of nitrogens with zero attached hydrogens (tertiary/aromatic N) is 2. The van der Waals surface area contributed by atoms with Gasteiger partial charge in [0, 0.05) is 6.54 Å². The highest BCUT2D eigenvalue weighted by molar-refractivity contribution is 7.12. The quantitative estimate of drug-likeness (QED) is 0.735. The number of carbonyl (C=O) groups is 1. The number of fused-ring (bicyclic) bond motifs is 1. The van der Waals surface area contributed by atoms with Crippen molar-refractivity contribution in [2.75, 3.05) is 0 Å². The lowest BCUT2D eigenvalue weighted by Crippen LogP contribution is -2.23. The molecule has 106 valence electrons. The van der Waals surface area contributed by atoms with E-state index in [9.17, 15) is 4.79 Å². The first-order valence-electron chi connectivity index (χ1n) is 6.66. The predicted molar refractivity (Wildman–Crippen MR) is 85.4 cm³/mol. The summed E-state index contributed by atoms with van der Waals surface area (Å²) in [4.78, 5) is 17.3. The molecule has 1 aromatic carbocycles. The third-order valence-corrected chi connectivity index (χ3v) is 4.07. The van der Waals surface area contributed by atoms with Gasteiger partial charge in [0.15, 0.2) is 0 Å². The van der Waals surface area contributed by atoms with Crippen LogP contribution in [0.4, 0.5) is 0 Å². The molecule has 2 aromatic heterocycles. The van der Waals surface area contributed by atoms with Crippen molar-refractivity contribution in [3.05, 3.63) is 65.1 Å². The molecule has 0 unspecified atom stereocenters. The Labute approximate surface area is 126 Å². The molecular weight excluding hydrogens is 282 g/mol. The van der Waals surface area contributed by atoms with Gasteiger partial charge in [0.05, 0.1) is 22.5 Å². The zero-order chi connectivity index (χ0) is 14.7. The first kappa shape index (κ1) is 13.6. The van der Waals surface area contributed by atoms with Crippen LogP contribution in [-0.2, 0) is 13.1 Å². The summed E-state index contributed by atoms with van der Waals surface area (Å²) in [6.45, 7) is 4.86. The summed E-state index contributed by atoms with van der Waals surface area (Å²) < 4.78 is 2.07. The van der Waals surface area contributed by atoms with Crippen molar-refractivity contribution in [3.63, 3.8) is 0 Å². The number of benzene rings is 1. The number of aromatic nitrogens is 2. The smallest absolute Gasteiger partial charge is 0.261 e. The van der Waals surface area contributed by atoms with Crippen molar-refractivity contribution in [3.8, 4) is 0 Å². The summed E-state index contributed by atoms with van der Waals surface area (Å²) in [5, 5.41) is 4.81. The first-order chi connectivity index (χ1) is 10.3. The van der Waals surface area contributed by atoms with E-state index in [-0.39, 0.29) is 5.91 Å². The lowest BCUT2D eigenvalue weighted by molar-refractivity contribution is 0.0953. The molecule has 1 amide bonds. The van der Waals surface area contributed by atoms with Crippen LogP contribution in [-0.4, -0.2) is 15.5 Å². The largest absolute Gasteiger partial charge is 0.344 e. The van der Waals surface area contributed by atoms with Crippen molar-refractivity contribution >= 4 is 28.3 Å². The van der Waals surface area contributed by atoms with Gasteiger partial charge < -0.3 is 9.88 Å². The molecule has 3 rings (SSSR count). The zero-order valence-corrected chi connectivity index (χ0v) is 12.3. The van der Waals surface area contributed by atoms with E-state index < -0.39 is 0 Å². The fourth-order valence-corrected chi connectivity index (χ4v) is 2.89. The number of nitrogens with one attached hydrogen (secondary N) is 1. The predicted octanol–water partition coefficient (Wildman–Crippen LogP) is 3.21. The molecule has 5 heteroatoms. The maximum absolute atomic E-state index is 12.0. The van der Waals surface area contributed by atoms with E-state index in [0.717, 1.165) is 16.9 Å². The Bertz CT molecular complexity index is 774. The van der Waals surface area contributed by atoms with Gasteiger partial charge >= 0.3 is 0 Å². The minimum atomic E-state index is -0.0674. The fourth-order valence-electron chi connectivity index (χ4n) is 2.25. The minimum Gasteiger partial charge on any atom is -0.344 e. The molecule has 0 spiro atoms. The monoisotopic (exact) mass is 297 g/mol. The van der Waals surface area contributed by atoms with Crippen LogP contribution in [0.15, 0.2) is 54.4 Å². The normalized spacial score (nSPS) is 10.7. The van der Waals surface area contributed by atoms with Crippen LogP contribution in [0.2, 0.25) is 0 Å². The molecule has 0 saturated heterocycles. The lowest BCUT2D eigenvalue weighted by Gasteiger charge is -2.07. The van der Waals surface area contributed by atoms with E-state index in [0.29, 0.717) is 18.0 Å². The molecule has 2 heterocycles. The number of thiophene rings is 1. The molecule has 0 fully saturated rings. The van der Waals surface area contributed by atoms with E-state index in [2.05, 4.69) is 21.4 Å². The molecule has 21 heavy (non-hydrogen) atoms. The second kappa shape index (κ2) is 5.93. The van der Waals surface area contributed by atoms with Crippen molar-refractivity contribution < 1.29 is 4.79 Å². The van der Waals surface area contributed by atoms with E-state index in [1.807, 2.05) is 47.9 Å². The molecule has 3 aromatic rings. The second-order valence-corrected chi connectivity index (χ2v) is 5.52. The maximum Gasteiger partial charge on any atom is 0.261 e. The van der Waals surface area contributed by atoms with Crippen LogP contribution in [0.1, 0.15) is 15.5 Å². The first-order valence-corrected chi connectivity index (χ1v) is 7.54.